The third-order valence-corrected chi connectivity index (χ3v) is 8.04. The lowest BCUT2D eigenvalue weighted by molar-refractivity contribution is 0.104. The number of hydrogen-bond donors (Lipinski definition) is 0. The molecule has 0 unspecified atom stereocenters. The molecule has 6 rings (SSSR count). The number of aryl methyl sites for hydroxylation is 2. The molecule has 44 heavy (non-hydrogen) atoms. The van der Waals surface area contributed by atoms with Crippen molar-refractivity contribution in [1.82, 2.24) is 0 Å². The monoisotopic (exact) mass is 586 g/mol. The molecule has 0 aliphatic heterocycles. The summed E-state index contributed by atoms with van der Waals surface area (Å²) < 4.78 is 22.2. The molecule has 0 amide bonds. The zero-order valence-corrected chi connectivity index (χ0v) is 25.4. The minimum atomic E-state index is -0.741. The van der Waals surface area contributed by atoms with Gasteiger partial charge in [0.1, 0.15) is 11.5 Å². The summed E-state index contributed by atoms with van der Waals surface area (Å²) in [7, 11) is 0. The quantitative estimate of drug-likeness (QED) is 0.105. The van der Waals surface area contributed by atoms with Crippen LogP contribution in [0.1, 0.15) is 38.8 Å². The average Bonchev–Trinajstić information content (AvgIpc) is 3.05. The van der Waals surface area contributed by atoms with Crippen molar-refractivity contribution in [2.75, 3.05) is 13.2 Å². The fraction of sp³-hybridized carbons (Fsp3) is 0.211. The molecule has 0 heterocycles. The first kappa shape index (κ1) is 29.0. The van der Waals surface area contributed by atoms with Crippen molar-refractivity contribution in [3.63, 3.8) is 0 Å². The van der Waals surface area contributed by atoms with Gasteiger partial charge in [-0.3, -0.25) is 0 Å². The molecule has 0 N–H and O–H groups in total. The smallest absolute Gasteiger partial charge is 0.434 e. The summed E-state index contributed by atoms with van der Waals surface area (Å²) >= 11 is 0. The van der Waals surface area contributed by atoms with Crippen molar-refractivity contribution in [1.29, 1.82) is 0 Å². The highest BCUT2D eigenvalue weighted by molar-refractivity contribution is 6.27. The maximum absolute atomic E-state index is 12.7. The Labute approximate surface area is 256 Å². The molecule has 0 radical (unpaired) electrons. The summed E-state index contributed by atoms with van der Waals surface area (Å²) in [6, 6.07) is 28.5. The average molecular weight is 587 g/mol. The standard InChI is InChI=1S/C38H34O6/c1-5-23-17-19-29-31(21-23)33(25-13-9-11-15-27(25)35(29)43-37(39)41-7-3)34-26-14-10-12-16-28(26)36(44-38(40)42-8-4)30-20-18-24(6-2)22-32(30)34/h9-22H,5-8H2,1-4H3. The lowest BCUT2D eigenvalue weighted by Crippen LogP contribution is -2.11. The van der Waals surface area contributed by atoms with E-state index in [0.29, 0.717) is 11.5 Å². The van der Waals surface area contributed by atoms with Gasteiger partial charge in [-0.2, -0.15) is 0 Å². The van der Waals surface area contributed by atoms with Crippen LogP contribution in [0.3, 0.4) is 0 Å². The molecule has 0 aromatic heterocycles. The van der Waals surface area contributed by atoms with E-state index in [0.717, 1.165) is 78.2 Å². The molecule has 6 aromatic carbocycles. The van der Waals surface area contributed by atoms with Gasteiger partial charge in [-0.05, 0) is 70.5 Å². The molecule has 0 aliphatic rings. The van der Waals surface area contributed by atoms with E-state index in [4.69, 9.17) is 18.9 Å². The highest BCUT2D eigenvalue weighted by Gasteiger charge is 2.24. The summed E-state index contributed by atoms with van der Waals surface area (Å²) in [4.78, 5) is 25.3. The van der Waals surface area contributed by atoms with Gasteiger partial charge in [0.05, 0.1) is 13.2 Å². The van der Waals surface area contributed by atoms with Gasteiger partial charge >= 0.3 is 12.3 Å². The number of carbonyl (C=O) groups is 2. The van der Waals surface area contributed by atoms with Crippen LogP contribution in [-0.4, -0.2) is 25.5 Å². The molecule has 0 saturated heterocycles. The predicted molar refractivity (Wildman–Crippen MR) is 176 cm³/mol. The molecule has 0 spiro atoms. The van der Waals surface area contributed by atoms with Crippen molar-refractivity contribution in [3.05, 3.63) is 96.1 Å². The topological polar surface area (TPSA) is 71.1 Å². The van der Waals surface area contributed by atoms with Crippen LogP contribution in [-0.2, 0) is 22.3 Å². The Balaban J connectivity index is 1.82. The van der Waals surface area contributed by atoms with Crippen LogP contribution in [0.5, 0.6) is 11.5 Å². The molecule has 0 saturated carbocycles. The third kappa shape index (κ3) is 5.06. The van der Waals surface area contributed by atoms with Crippen LogP contribution in [0.25, 0.3) is 54.2 Å². The van der Waals surface area contributed by atoms with Crippen molar-refractivity contribution < 1.29 is 28.5 Å². The zero-order valence-electron chi connectivity index (χ0n) is 25.4. The van der Waals surface area contributed by atoms with Crippen LogP contribution >= 0.6 is 0 Å². The van der Waals surface area contributed by atoms with Gasteiger partial charge in [0.2, 0.25) is 0 Å². The van der Waals surface area contributed by atoms with Crippen LogP contribution in [0, 0.1) is 0 Å². The van der Waals surface area contributed by atoms with Gasteiger partial charge in [-0.15, -0.1) is 0 Å². The van der Waals surface area contributed by atoms with Gasteiger partial charge < -0.3 is 18.9 Å². The lowest BCUT2D eigenvalue weighted by atomic mass is 9.84. The van der Waals surface area contributed by atoms with E-state index in [2.05, 4.69) is 50.2 Å². The normalized spacial score (nSPS) is 11.3. The summed E-state index contributed by atoms with van der Waals surface area (Å²) in [5, 5.41) is 6.97. The fourth-order valence-electron chi connectivity index (χ4n) is 6.03. The summed E-state index contributed by atoms with van der Waals surface area (Å²) in [6.07, 6.45) is 0.194. The maximum Gasteiger partial charge on any atom is 0.513 e. The number of ether oxygens (including phenoxy) is 4. The van der Waals surface area contributed by atoms with Crippen LogP contribution < -0.4 is 9.47 Å². The lowest BCUT2D eigenvalue weighted by Gasteiger charge is -2.22. The fourth-order valence-corrected chi connectivity index (χ4v) is 6.03. The Morgan fingerprint density at radius 3 is 1.20 bits per heavy atom. The minimum Gasteiger partial charge on any atom is -0.434 e. The Hall–Kier alpha value is -5.10. The van der Waals surface area contributed by atoms with Gasteiger partial charge in [0, 0.05) is 21.5 Å². The van der Waals surface area contributed by atoms with E-state index < -0.39 is 12.3 Å². The van der Waals surface area contributed by atoms with Crippen molar-refractivity contribution in [2.24, 2.45) is 0 Å². The van der Waals surface area contributed by atoms with Gasteiger partial charge in [0.25, 0.3) is 0 Å². The van der Waals surface area contributed by atoms with Gasteiger partial charge in [0.15, 0.2) is 0 Å². The molecule has 6 heteroatoms. The number of hydrogen-bond acceptors (Lipinski definition) is 6. The van der Waals surface area contributed by atoms with Crippen molar-refractivity contribution in [2.45, 2.75) is 40.5 Å². The molecule has 222 valence electrons. The van der Waals surface area contributed by atoms with Crippen molar-refractivity contribution >= 4 is 55.4 Å². The molecule has 0 atom stereocenters. The first-order valence-corrected chi connectivity index (χ1v) is 15.1. The summed E-state index contributed by atoms with van der Waals surface area (Å²) in [6.45, 7) is 8.18. The highest BCUT2D eigenvalue weighted by Crippen LogP contribution is 2.50. The molecule has 0 aliphatic carbocycles. The Bertz CT molecular complexity index is 1910. The second-order valence-corrected chi connectivity index (χ2v) is 10.5. The second kappa shape index (κ2) is 12.3. The predicted octanol–water partition coefficient (Wildman–Crippen LogP) is 10.2. The third-order valence-electron chi connectivity index (χ3n) is 8.04. The first-order valence-electron chi connectivity index (χ1n) is 15.1. The van der Waals surface area contributed by atoms with Crippen LogP contribution in [0.4, 0.5) is 9.59 Å². The Morgan fingerprint density at radius 2 is 0.841 bits per heavy atom. The largest absolute Gasteiger partial charge is 0.513 e. The molecule has 6 nitrogen and oxygen atoms in total. The SMILES string of the molecule is CCOC(=O)Oc1c2ccccc2c(-c2c3ccccc3c(OC(=O)OCC)c3ccc(CC)cc23)c2cc(CC)ccc12. The second-order valence-electron chi connectivity index (χ2n) is 10.5. The number of rotatable bonds is 7. The van der Waals surface area contributed by atoms with Gasteiger partial charge in [-0.25, -0.2) is 9.59 Å². The highest BCUT2D eigenvalue weighted by atomic mass is 16.7. The first-order chi connectivity index (χ1) is 21.5. The number of benzene rings is 6. The minimum absolute atomic E-state index is 0.213. The Morgan fingerprint density at radius 1 is 0.477 bits per heavy atom. The zero-order chi connectivity index (χ0) is 30.8. The summed E-state index contributed by atoms with van der Waals surface area (Å²) in [5.74, 6) is 0.927. The molecule has 0 bridgehead atoms. The van der Waals surface area contributed by atoms with E-state index in [-0.39, 0.29) is 13.2 Å². The van der Waals surface area contributed by atoms with E-state index in [1.807, 2.05) is 48.5 Å². The molecular weight excluding hydrogens is 552 g/mol. The van der Waals surface area contributed by atoms with E-state index in [1.165, 1.54) is 0 Å². The van der Waals surface area contributed by atoms with Crippen LogP contribution in [0.2, 0.25) is 0 Å². The molecular formula is C38H34O6. The van der Waals surface area contributed by atoms with Gasteiger partial charge in [-0.1, -0.05) is 98.8 Å². The van der Waals surface area contributed by atoms with E-state index in [1.54, 1.807) is 13.8 Å². The Kier molecular flexibility index (Phi) is 8.07. The van der Waals surface area contributed by atoms with E-state index >= 15 is 0 Å². The molecule has 6 aromatic rings. The molecule has 0 fully saturated rings. The number of fused-ring (bicyclic) bond motifs is 4. The van der Waals surface area contributed by atoms with E-state index in [9.17, 15) is 9.59 Å². The van der Waals surface area contributed by atoms with Crippen LogP contribution in [0.15, 0.2) is 84.9 Å². The van der Waals surface area contributed by atoms with Crippen molar-refractivity contribution in [3.8, 4) is 22.6 Å². The summed E-state index contributed by atoms with van der Waals surface area (Å²) in [5.41, 5.74) is 4.33. The number of carbonyl (C=O) groups excluding carboxylic acids is 2. The maximum atomic E-state index is 12.7.